The Morgan fingerprint density at radius 2 is 1.50 bits per heavy atom. The second-order valence-corrected chi connectivity index (χ2v) is 8.51. The number of ketones is 1. The van der Waals surface area contributed by atoms with Gasteiger partial charge in [0, 0.05) is 12.0 Å². The van der Waals surface area contributed by atoms with Crippen LogP contribution < -0.4 is 0 Å². The third kappa shape index (κ3) is 8.30. The fourth-order valence-corrected chi connectivity index (χ4v) is 3.93. The molecule has 1 heteroatoms. The van der Waals surface area contributed by atoms with Crippen molar-refractivity contribution in [3.63, 3.8) is 0 Å². The summed E-state index contributed by atoms with van der Waals surface area (Å²) in [5.41, 5.74) is 3.14. The maximum absolute atomic E-state index is 13.1. The molecule has 30 heavy (non-hydrogen) atoms. The molecule has 162 valence electrons. The lowest BCUT2D eigenvalue weighted by Crippen LogP contribution is -2.03. The average molecular weight is 405 g/mol. The van der Waals surface area contributed by atoms with E-state index in [0.29, 0.717) is 6.42 Å². The van der Waals surface area contributed by atoms with Crippen LogP contribution in [-0.2, 0) is 0 Å². The molecule has 0 bridgehead atoms. The molecule has 0 aliphatic rings. The van der Waals surface area contributed by atoms with Gasteiger partial charge in [-0.3, -0.25) is 4.79 Å². The first-order valence-corrected chi connectivity index (χ1v) is 12.0. The minimum Gasteiger partial charge on any atom is -0.294 e. The summed E-state index contributed by atoms with van der Waals surface area (Å²) in [6, 6.07) is 14.3. The highest BCUT2D eigenvalue weighted by atomic mass is 16.1. The van der Waals surface area contributed by atoms with Crippen LogP contribution in [0.2, 0.25) is 0 Å². The predicted molar refractivity (Wildman–Crippen MR) is 132 cm³/mol. The molecule has 2 rings (SSSR count). The lowest BCUT2D eigenvalue weighted by atomic mass is 9.92. The zero-order valence-corrected chi connectivity index (χ0v) is 19.2. The molecule has 0 atom stereocenters. The molecule has 2 aromatic rings. The standard InChI is InChI=1S/C29H40O/c1-4-6-8-10-12-16-24(3)26(18-13-11-9-7-5-2)23-29(30)28-21-20-25-17-14-15-19-27(25)22-28/h14-15,17-22H,3-13,16,23H2,1-2H3/b26-18-. The minimum absolute atomic E-state index is 0.202. The number of Topliss-reactive ketones (excluding diaryl/α,β-unsaturated/α-hetero) is 1. The van der Waals surface area contributed by atoms with E-state index in [4.69, 9.17) is 0 Å². The quantitative estimate of drug-likeness (QED) is 0.164. The number of rotatable bonds is 15. The molecule has 0 heterocycles. The topological polar surface area (TPSA) is 17.1 Å². The summed E-state index contributed by atoms with van der Waals surface area (Å²) in [5, 5.41) is 2.31. The molecule has 0 saturated heterocycles. The van der Waals surface area contributed by atoms with Gasteiger partial charge < -0.3 is 0 Å². The average Bonchev–Trinajstić information content (AvgIpc) is 2.77. The zero-order chi connectivity index (χ0) is 21.6. The zero-order valence-electron chi connectivity index (χ0n) is 19.2. The van der Waals surface area contributed by atoms with Crippen LogP contribution in [0.3, 0.4) is 0 Å². The first kappa shape index (κ1) is 24.1. The Kier molecular flexibility index (Phi) is 11.2. The molecule has 0 saturated carbocycles. The summed E-state index contributed by atoms with van der Waals surface area (Å²) < 4.78 is 0. The third-order valence-electron chi connectivity index (χ3n) is 5.91. The first-order chi connectivity index (χ1) is 14.7. The largest absolute Gasteiger partial charge is 0.294 e. The van der Waals surface area contributed by atoms with Crippen LogP contribution >= 0.6 is 0 Å². The summed E-state index contributed by atoms with van der Waals surface area (Å²) in [7, 11) is 0. The van der Waals surface area contributed by atoms with E-state index < -0.39 is 0 Å². The molecule has 0 radical (unpaired) electrons. The van der Waals surface area contributed by atoms with E-state index in [9.17, 15) is 4.79 Å². The molecule has 0 unspecified atom stereocenters. The van der Waals surface area contributed by atoms with E-state index >= 15 is 0 Å². The highest BCUT2D eigenvalue weighted by Gasteiger charge is 2.12. The van der Waals surface area contributed by atoms with Crippen LogP contribution in [0.1, 0.15) is 101 Å². The van der Waals surface area contributed by atoms with Crippen molar-refractivity contribution in [3.8, 4) is 0 Å². The van der Waals surface area contributed by atoms with Crippen LogP contribution in [0.15, 0.2) is 66.3 Å². The van der Waals surface area contributed by atoms with Crippen molar-refractivity contribution in [2.75, 3.05) is 0 Å². The minimum atomic E-state index is 0.202. The summed E-state index contributed by atoms with van der Waals surface area (Å²) in [6.45, 7) is 8.85. The van der Waals surface area contributed by atoms with Crippen molar-refractivity contribution < 1.29 is 4.79 Å². The van der Waals surface area contributed by atoms with E-state index in [1.165, 1.54) is 68.7 Å². The number of fused-ring (bicyclic) bond motifs is 1. The second kappa shape index (κ2) is 14.0. The van der Waals surface area contributed by atoms with E-state index in [-0.39, 0.29) is 5.78 Å². The van der Waals surface area contributed by atoms with Gasteiger partial charge in [-0.25, -0.2) is 0 Å². The van der Waals surface area contributed by atoms with Gasteiger partial charge in [-0.1, -0.05) is 113 Å². The Hall–Kier alpha value is -2.15. The molecule has 0 aliphatic heterocycles. The maximum Gasteiger partial charge on any atom is 0.167 e. The van der Waals surface area contributed by atoms with Gasteiger partial charge in [-0.2, -0.15) is 0 Å². The Morgan fingerprint density at radius 3 is 2.23 bits per heavy atom. The van der Waals surface area contributed by atoms with Crippen molar-refractivity contribution in [1.82, 2.24) is 0 Å². The fourth-order valence-electron chi connectivity index (χ4n) is 3.93. The molecule has 0 fully saturated rings. The lowest BCUT2D eigenvalue weighted by Gasteiger charge is -2.12. The van der Waals surface area contributed by atoms with Crippen molar-refractivity contribution in [2.45, 2.75) is 90.9 Å². The Balaban J connectivity index is 2.02. The van der Waals surface area contributed by atoms with Gasteiger partial charge in [-0.05, 0) is 48.1 Å². The van der Waals surface area contributed by atoms with E-state index in [2.05, 4.69) is 44.7 Å². The van der Waals surface area contributed by atoms with Crippen LogP contribution in [0.5, 0.6) is 0 Å². The predicted octanol–water partition coefficient (Wildman–Crippen LogP) is 9.23. The van der Waals surface area contributed by atoms with Crippen LogP contribution in [0.4, 0.5) is 0 Å². The summed E-state index contributed by atoms with van der Waals surface area (Å²) in [6.07, 6.45) is 16.2. The Labute approximate surface area is 184 Å². The van der Waals surface area contributed by atoms with Crippen LogP contribution in [-0.4, -0.2) is 5.78 Å². The molecular weight excluding hydrogens is 364 g/mol. The van der Waals surface area contributed by atoms with Gasteiger partial charge in [0.1, 0.15) is 0 Å². The number of hydrogen-bond acceptors (Lipinski definition) is 1. The molecule has 1 nitrogen and oxygen atoms in total. The fraction of sp³-hybridized carbons (Fsp3) is 0.483. The monoisotopic (exact) mass is 404 g/mol. The van der Waals surface area contributed by atoms with E-state index in [1.54, 1.807) is 0 Å². The number of hydrogen-bond donors (Lipinski definition) is 0. The first-order valence-electron chi connectivity index (χ1n) is 12.0. The molecule has 0 aliphatic carbocycles. The van der Waals surface area contributed by atoms with Crippen molar-refractivity contribution in [2.24, 2.45) is 0 Å². The molecule has 0 aromatic heterocycles. The summed E-state index contributed by atoms with van der Waals surface area (Å²) >= 11 is 0. The number of allylic oxidation sites excluding steroid dienone is 3. The van der Waals surface area contributed by atoms with Gasteiger partial charge in [-0.15, -0.1) is 0 Å². The highest BCUT2D eigenvalue weighted by molar-refractivity contribution is 6.01. The molecular formula is C29H40O. The Bertz CT molecular complexity index is 827. The number of carbonyl (C=O) groups is 1. The number of unbranched alkanes of at least 4 members (excludes halogenated alkanes) is 8. The molecule has 0 amide bonds. The van der Waals surface area contributed by atoms with Crippen molar-refractivity contribution in [3.05, 3.63) is 71.8 Å². The van der Waals surface area contributed by atoms with E-state index in [0.717, 1.165) is 29.4 Å². The van der Waals surface area contributed by atoms with Crippen LogP contribution in [0.25, 0.3) is 10.8 Å². The van der Waals surface area contributed by atoms with Gasteiger partial charge >= 0.3 is 0 Å². The molecule has 0 spiro atoms. The smallest absolute Gasteiger partial charge is 0.167 e. The highest BCUT2D eigenvalue weighted by Crippen LogP contribution is 2.24. The SMILES string of the molecule is C=C(CCCCCCC)/C(=C\CCCCCC)CC(=O)c1ccc2ccccc2c1. The van der Waals surface area contributed by atoms with Gasteiger partial charge in [0.2, 0.25) is 0 Å². The second-order valence-electron chi connectivity index (χ2n) is 8.51. The number of benzene rings is 2. The van der Waals surface area contributed by atoms with Gasteiger partial charge in [0.15, 0.2) is 5.78 Å². The lowest BCUT2D eigenvalue weighted by molar-refractivity contribution is 0.0993. The van der Waals surface area contributed by atoms with Gasteiger partial charge in [0.05, 0.1) is 0 Å². The number of carbonyl (C=O) groups excluding carboxylic acids is 1. The van der Waals surface area contributed by atoms with Crippen LogP contribution in [0, 0.1) is 0 Å². The Morgan fingerprint density at radius 1 is 0.833 bits per heavy atom. The maximum atomic E-state index is 13.1. The van der Waals surface area contributed by atoms with Crippen molar-refractivity contribution >= 4 is 16.6 Å². The molecule has 2 aromatic carbocycles. The molecule has 0 N–H and O–H groups in total. The normalized spacial score (nSPS) is 11.7. The third-order valence-corrected chi connectivity index (χ3v) is 5.91. The van der Waals surface area contributed by atoms with Crippen molar-refractivity contribution in [1.29, 1.82) is 0 Å². The van der Waals surface area contributed by atoms with E-state index in [1.807, 2.05) is 24.3 Å². The summed E-state index contributed by atoms with van der Waals surface area (Å²) in [4.78, 5) is 13.1. The van der Waals surface area contributed by atoms with Gasteiger partial charge in [0.25, 0.3) is 0 Å². The summed E-state index contributed by atoms with van der Waals surface area (Å²) in [5.74, 6) is 0.202.